The van der Waals surface area contributed by atoms with Crippen LogP contribution in [0.25, 0.3) is 0 Å². The maximum absolute atomic E-state index is 4.64. The lowest BCUT2D eigenvalue weighted by Gasteiger charge is -2.19. The van der Waals surface area contributed by atoms with Crippen LogP contribution >= 0.6 is 11.8 Å². The summed E-state index contributed by atoms with van der Waals surface area (Å²) in [6, 6.07) is 9.01. The molecule has 0 spiro atoms. The Morgan fingerprint density at radius 1 is 1.05 bits per heavy atom. The molecule has 0 aromatic heterocycles. The summed E-state index contributed by atoms with van der Waals surface area (Å²) in [7, 11) is 0. The first-order valence-electron chi connectivity index (χ1n) is 7.72. The summed E-state index contributed by atoms with van der Waals surface area (Å²) in [5.41, 5.74) is 5.31. The summed E-state index contributed by atoms with van der Waals surface area (Å²) in [6.45, 7) is 0. The highest BCUT2D eigenvalue weighted by molar-refractivity contribution is 7.98. The van der Waals surface area contributed by atoms with E-state index in [0.29, 0.717) is 5.92 Å². The Balaban J connectivity index is 1.72. The van der Waals surface area contributed by atoms with Crippen LogP contribution in [0, 0.1) is 5.92 Å². The van der Waals surface area contributed by atoms with Crippen LogP contribution in [-0.2, 0) is 12.8 Å². The van der Waals surface area contributed by atoms with Gasteiger partial charge >= 0.3 is 0 Å². The van der Waals surface area contributed by atoms with Crippen LogP contribution in [0.15, 0.2) is 77.5 Å². The smallest absolute Gasteiger partial charge is 0.0410 e. The molecule has 1 aromatic rings. The highest BCUT2D eigenvalue weighted by Crippen LogP contribution is 2.25. The number of benzene rings is 1. The molecule has 2 heteroatoms. The van der Waals surface area contributed by atoms with Crippen molar-refractivity contribution in [1.29, 1.82) is 0 Å². The van der Waals surface area contributed by atoms with Crippen molar-refractivity contribution in [3.63, 3.8) is 0 Å². The quantitative estimate of drug-likeness (QED) is 0.763. The molecule has 1 heterocycles. The van der Waals surface area contributed by atoms with Crippen LogP contribution in [0.1, 0.15) is 11.1 Å². The molecule has 0 saturated carbocycles. The predicted molar refractivity (Wildman–Crippen MR) is 98.7 cm³/mol. The van der Waals surface area contributed by atoms with Gasteiger partial charge in [0.2, 0.25) is 0 Å². The monoisotopic (exact) mass is 307 g/mol. The molecule has 1 atom stereocenters. The second-order valence-electron chi connectivity index (χ2n) is 5.59. The van der Waals surface area contributed by atoms with Gasteiger partial charge in [-0.3, -0.25) is 4.99 Å². The molecule has 0 amide bonds. The fourth-order valence-electron chi connectivity index (χ4n) is 2.79. The normalized spacial score (nSPS) is 19.4. The topological polar surface area (TPSA) is 12.4 Å². The fraction of sp³-hybridized carbons (Fsp3) is 0.250. The first kappa shape index (κ1) is 15.1. The molecule has 1 nitrogen and oxygen atoms in total. The summed E-state index contributed by atoms with van der Waals surface area (Å²) in [5.74, 6) is 1.50. The summed E-state index contributed by atoms with van der Waals surface area (Å²) >= 11 is 1.90. The fourth-order valence-corrected chi connectivity index (χ4v) is 3.23. The largest absolute Gasteiger partial charge is 0.264 e. The summed E-state index contributed by atoms with van der Waals surface area (Å²) < 4.78 is 0. The van der Waals surface area contributed by atoms with Gasteiger partial charge in [0.15, 0.2) is 0 Å². The van der Waals surface area contributed by atoms with E-state index in [4.69, 9.17) is 0 Å². The number of thioether (sulfide) groups is 1. The van der Waals surface area contributed by atoms with Crippen molar-refractivity contribution in [3.8, 4) is 0 Å². The molecule has 0 bridgehead atoms. The minimum Gasteiger partial charge on any atom is -0.264 e. The van der Waals surface area contributed by atoms with Gasteiger partial charge in [0.05, 0.1) is 0 Å². The molecule has 2 aliphatic rings. The molecule has 1 aliphatic carbocycles. The van der Waals surface area contributed by atoms with Gasteiger partial charge in [-0.25, -0.2) is 0 Å². The maximum atomic E-state index is 4.64. The predicted octanol–water partition coefficient (Wildman–Crippen LogP) is 4.77. The molecular weight excluding hydrogens is 286 g/mol. The molecular formula is C20H21NS. The number of hydrogen-bond acceptors (Lipinski definition) is 2. The SMILES string of the molecule is CSCCc1ccc(CC2=NC=CC3=CC=CC=CC32)cc1. The first-order chi connectivity index (χ1) is 10.9. The number of nitrogens with zero attached hydrogens (tertiary/aromatic N) is 1. The number of fused-ring (bicyclic) bond motifs is 1. The Labute approximate surface area is 137 Å². The Bertz CT molecular complexity index is 659. The van der Waals surface area contributed by atoms with Gasteiger partial charge in [-0.15, -0.1) is 0 Å². The van der Waals surface area contributed by atoms with Crippen LogP contribution < -0.4 is 0 Å². The standard InChI is InChI=1S/C20H21NS/c1-22-14-12-16-7-9-17(10-8-16)15-20-19-6-4-2-3-5-18(19)11-13-21-20/h2-11,13,19H,12,14-15H2,1H3. The van der Waals surface area contributed by atoms with E-state index in [0.717, 1.165) is 12.8 Å². The third-order valence-electron chi connectivity index (χ3n) is 4.04. The van der Waals surface area contributed by atoms with Crippen molar-refractivity contribution in [2.75, 3.05) is 12.0 Å². The van der Waals surface area contributed by atoms with E-state index in [9.17, 15) is 0 Å². The highest BCUT2D eigenvalue weighted by Gasteiger charge is 2.19. The van der Waals surface area contributed by atoms with Gasteiger partial charge in [-0.1, -0.05) is 54.6 Å². The van der Waals surface area contributed by atoms with Crippen molar-refractivity contribution in [2.45, 2.75) is 12.8 Å². The molecule has 112 valence electrons. The van der Waals surface area contributed by atoms with E-state index in [1.807, 2.05) is 18.0 Å². The van der Waals surface area contributed by atoms with Crippen molar-refractivity contribution in [2.24, 2.45) is 10.9 Å². The zero-order valence-electron chi connectivity index (χ0n) is 12.9. The van der Waals surface area contributed by atoms with Crippen LogP contribution in [0.2, 0.25) is 0 Å². The molecule has 1 unspecified atom stereocenters. The van der Waals surface area contributed by atoms with Gasteiger partial charge in [-0.05, 0) is 41.2 Å². The summed E-state index contributed by atoms with van der Waals surface area (Å²) in [6.07, 6.45) is 19.0. The first-order valence-corrected chi connectivity index (χ1v) is 9.11. The van der Waals surface area contributed by atoms with E-state index >= 15 is 0 Å². The van der Waals surface area contributed by atoms with E-state index in [2.05, 4.69) is 72.0 Å². The van der Waals surface area contributed by atoms with E-state index in [-0.39, 0.29) is 0 Å². The number of rotatable bonds is 5. The molecule has 22 heavy (non-hydrogen) atoms. The summed E-state index contributed by atoms with van der Waals surface area (Å²) in [4.78, 5) is 4.64. The Morgan fingerprint density at radius 3 is 2.68 bits per heavy atom. The Hall–Kier alpha value is -1.80. The zero-order chi connectivity index (χ0) is 15.2. The molecule has 1 aliphatic heterocycles. The molecule has 0 N–H and O–H groups in total. The van der Waals surface area contributed by atoms with Gasteiger partial charge in [-0.2, -0.15) is 11.8 Å². The third kappa shape index (κ3) is 3.69. The highest BCUT2D eigenvalue weighted by atomic mass is 32.2. The van der Waals surface area contributed by atoms with Gasteiger partial charge in [0.1, 0.15) is 0 Å². The van der Waals surface area contributed by atoms with Crippen molar-refractivity contribution >= 4 is 17.5 Å². The third-order valence-corrected chi connectivity index (χ3v) is 4.66. The Morgan fingerprint density at radius 2 is 1.86 bits per heavy atom. The Kier molecular flexibility index (Phi) is 5.12. The van der Waals surface area contributed by atoms with Crippen molar-refractivity contribution < 1.29 is 0 Å². The second kappa shape index (κ2) is 7.46. The molecule has 0 fully saturated rings. The zero-order valence-corrected chi connectivity index (χ0v) is 13.7. The van der Waals surface area contributed by atoms with Crippen molar-refractivity contribution in [3.05, 3.63) is 83.6 Å². The number of aliphatic imine (C=N–C) groups is 1. The van der Waals surface area contributed by atoms with Crippen LogP contribution in [0.5, 0.6) is 0 Å². The van der Waals surface area contributed by atoms with Crippen LogP contribution in [-0.4, -0.2) is 17.7 Å². The van der Waals surface area contributed by atoms with E-state index in [1.54, 1.807) is 0 Å². The molecule has 3 rings (SSSR count). The minimum absolute atomic E-state index is 0.316. The lowest BCUT2D eigenvalue weighted by atomic mass is 9.88. The van der Waals surface area contributed by atoms with Gasteiger partial charge in [0.25, 0.3) is 0 Å². The van der Waals surface area contributed by atoms with Crippen LogP contribution in [0.3, 0.4) is 0 Å². The van der Waals surface area contributed by atoms with Gasteiger partial charge < -0.3 is 0 Å². The van der Waals surface area contributed by atoms with Crippen molar-refractivity contribution in [1.82, 2.24) is 0 Å². The lowest BCUT2D eigenvalue weighted by Crippen LogP contribution is -2.18. The minimum atomic E-state index is 0.316. The maximum Gasteiger partial charge on any atom is 0.0410 e. The average molecular weight is 307 g/mol. The number of hydrogen-bond donors (Lipinski definition) is 0. The molecule has 1 aromatic carbocycles. The number of aryl methyl sites for hydroxylation is 1. The molecule has 0 saturated heterocycles. The van der Waals surface area contributed by atoms with Crippen LogP contribution in [0.4, 0.5) is 0 Å². The summed E-state index contributed by atoms with van der Waals surface area (Å²) in [5, 5.41) is 0. The average Bonchev–Trinajstić information content (AvgIpc) is 2.80. The second-order valence-corrected chi connectivity index (χ2v) is 6.57. The molecule has 0 radical (unpaired) electrons. The van der Waals surface area contributed by atoms with Gasteiger partial charge in [0, 0.05) is 24.3 Å². The van der Waals surface area contributed by atoms with E-state index < -0.39 is 0 Å². The lowest BCUT2D eigenvalue weighted by molar-refractivity contribution is 1.00. The number of allylic oxidation sites excluding steroid dienone is 7. The van der Waals surface area contributed by atoms with E-state index in [1.165, 1.54) is 28.2 Å².